The molecule has 0 spiro atoms. The first-order chi connectivity index (χ1) is 5.06. The first-order valence-corrected chi connectivity index (χ1v) is 3.55. The number of hydrogen-bond acceptors (Lipinski definition) is 3. The fraction of sp³-hybridized carbons (Fsp3) is 0.500. The average molecular weight is 155 g/mol. The second-order valence-electron chi connectivity index (χ2n) is 2.89. The van der Waals surface area contributed by atoms with Gasteiger partial charge >= 0.3 is 0 Å². The first-order valence-electron chi connectivity index (χ1n) is 3.55. The fourth-order valence-electron chi connectivity index (χ4n) is 0.825. The largest absolute Gasteiger partial charge is 0.463 e. The third-order valence-corrected chi connectivity index (χ3v) is 1.67. The molecule has 0 aliphatic rings. The molecule has 1 rings (SSSR count). The lowest BCUT2D eigenvalue weighted by Crippen LogP contribution is -2.30. The van der Waals surface area contributed by atoms with Crippen LogP contribution in [-0.2, 0) is 5.60 Å². The normalized spacial score (nSPS) is 16.4. The van der Waals surface area contributed by atoms with Crippen LogP contribution in [0.25, 0.3) is 0 Å². The SMILES string of the molecule is Cc1ccc([C@](C)(O)CN)o1. The molecule has 3 N–H and O–H groups in total. The molecular weight excluding hydrogens is 142 g/mol. The molecule has 0 bridgehead atoms. The summed E-state index contributed by atoms with van der Waals surface area (Å²) < 4.78 is 5.21. The molecule has 0 amide bonds. The van der Waals surface area contributed by atoms with E-state index in [1.807, 2.05) is 6.92 Å². The van der Waals surface area contributed by atoms with E-state index in [1.165, 1.54) is 0 Å². The molecule has 0 radical (unpaired) electrons. The summed E-state index contributed by atoms with van der Waals surface area (Å²) in [6.07, 6.45) is 0. The van der Waals surface area contributed by atoms with Crippen molar-refractivity contribution < 1.29 is 9.52 Å². The zero-order chi connectivity index (χ0) is 8.48. The Morgan fingerprint density at radius 3 is 2.64 bits per heavy atom. The maximum atomic E-state index is 9.59. The second-order valence-corrected chi connectivity index (χ2v) is 2.89. The number of furan rings is 1. The molecule has 62 valence electrons. The van der Waals surface area contributed by atoms with Crippen LogP contribution in [0.2, 0.25) is 0 Å². The summed E-state index contributed by atoms with van der Waals surface area (Å²) in [6.45, 7) is 3.63. The van der Waals surface area contributed by atoms with Gasteiger partial charge in [0, 0.05) is 6.54 Å². The molecule has 0 aliphatic carbocycles. The van der Waals surface area contributed by atoms with Crippen LogP contribution in [0, 0.1) is 6.92 Å². The smallest absolute Gasteiger partial charge is 0.136 e. The number of aryl methyl sites for hydroxylation is 1. The van der Waals surface area contributed by atoms with E-state index in [9.17, 15) is 5.11 Å². The minimum Gasteiger partial charge on any atom is -0.463 e. The van der Waals surface area contributed by atoms with Gasteiger partial charge in [-0.3, -0.25) is 0 Å². The Morgan fingerprint density at radius 1 is 1.64 bits per heavy atom. The lowest BCUT2D eigenvalue weighted by atomic mass is 10.1. The number of nitrogens with two attached hydrogens (primary N) is 1. The first kappa shape index (κ1) is 8.30. The van der Waals surface area contributed by atoms with E-state index in [0.717, 1.165) is 5.76 Å². The molecule has 0 saturated heterocycles. The van der Waals surface area contributed by atoms with Crippen LogP contribution in [0.15, 0.2) is 16.5 Å². The summed E-state index contributed by atoms with van der Waals surface area (Å²) in [5.74, 6) is 1.31. The van der Waals surface area contributed by atoms with Gasteiger partial charge in [0.1, 0.15) is 17.1 Å². The van der Waals surface area contributed by atoms with Crippen LogP contribution < -0.4 is 5.73 Å². The van der Waals surface area contributed by atoms with Gasteiger partial charge in [-0.15, -0.1) is 0 Å². The Morgan fingerprint density at radius 2 is 2.27 bits per heavy atom. The van der Waals surface area contributed by atoms with Crippen molar-refractivity contribution in [1.82, 2.24) is 0 Å². The lowest BCUT2D eigenvalue weighted by molar-refractivity contribution is 0.0425. The van der Waals surface area contributed by atoms with Gasteiger partial charge in [-0.25, -0.2) is 0 Å². The lowest BCUT2D eigenvalue weighted by Gasteiger charge is -2.17. The Bertz CT molecular complexity index is 240. The van der Waals surface area contributed by atoms with Crippen LogP contribution in [-0.4, -0.2) is 11.7 Å². The number of hydrogen-bond donors (Lipinski definition) is 2. The van der Waals surface area contributed by atoms with E-state index in [2.05, 4.69) is 0 Å². The van der Waals surface area contributed by atoms with Gasteiger partial charge in [0.05, 0.1) is 0 Å². The highest BCUT2D eigenvalue weighted by atomic mass is 16.4. The van der Waals surface area contributed by atoms with Crippen LogP contribution in [0.5, 0.6) is 0 Å². The van der Waals surface area contributed by atoms with E-state index < -0.39 is 5.60 Å². The fourth-order valence-corrected chi connectivity index (χ4v) is 0.825. The van der Waals surface area contributed by atoms with Crippen molar-refractivity contribution in [2.24, 2.45) is 5.73 Å². The summed E-state index contributed by atoms with van der Waals surface area (Å²) in [5.41, 5.74) is 4.30. The monoisotopic (exact) mass is 155 g/mol. The van der Waals surface area contributed by atoms with E-state index in [4.69, 9.17) is 10.2 Å². The van der Waals surface area contributed by atoms with Gasteiger partial charge in [0.25, 0.3) is 0 Å². The van der Waals surface area contributed by atoms with Gasteiger partial charge < -0.3 is 15.3 Å². The predicted octanol–water partition coefficient (Wildman–Crippen LogP) is 0.754. The zero-order valence-corrected chi connectivity index (χ0v) is 6.79. The van der Waals surface area contributed by atoms with Gasteiger partial charge in [-0.1, -0.05) is 0 Å². The standard InChI is InChI=1S/C8H13NO2/c1-6-3-4-7(11-6)8(2,10)5-9/h3-4,10H,5,9H2,1-2H3/t8-/m1/s1. The second kappa shape index (κ2) is 2.68. The minimum atomic E-state index is -1.03. The van der Waals surface area contributed by atoms with Crippen molar-refractivity contribution in [2.45, 2.75) is 19.4 Å². The van der Waals surface area contributed by atoms with Crippen molar-refractivity contribution in [3.05, 3.63) is 23.7 Å². The average Bonchev–Trinajstić information content (AvgIpc) is 2.36. The zero-order valence-electron chi connectivity index (χ0n) is 6.79. The van der Waals surface area contributed by atoms with Crippen LogP contribution in [0.3, 0.4) is 0 Å². The molecule has 0 unspecified atom stereocenters. The summed E-state index contributed by atoms with van der Waals surface area (Å²) in [5, 5.41) is 9.59. The molecule has 0 saturated carbocycles. The molecule has 0 fully saturated rings. The van der Waals surface area contributed by atoms with E-state index in [1.54, 1.807) is 19.1 Å². The Labute approximate surface area is 65.8 Å². The number of aliphatic hydroxyl groups is 1. The predicted molar refractivity (Wildman–Crippen MR) is 42.1 cm³/mol. The maximum absolute atomic E-state index is 9.59. The molecule has 3 heteroatoms. The molecule has 0 aromatic carbocycles. The summed E-state index contributed by atoms with van der Waals surface area (Å²) in [7, 11) is 0. The molecule has 1 aromatic rings. The van der Waals surface area contributed by atoms with Crippen molar-refractivity contribution in [1.29, 1.82) is 0 Å². The quantitative estimate of drug-likeness (QED) is 0.662. The maximum Gasteiger partial charge on any atom is 0.136 e. The molecule has 1 heterocycles. The van der Waals surface area contributed by atoms with Crippen molar-refractivity contribution >= 4 is 0 Å². The van der Waals surface area contributed by atoms with Crippen molar-refractivity contribution in [3.8, 4) is 0 Å². The Hall–Kier alpha value is -0.800. The molecular formula is C8H13NO2. The molecule has 11 heavy (non-hydrogen) atoms. The third kappa shape index (κ3) is 1.61. The topological polar surface area (TPSA) is 59.4 Å². The molecule has 1 aromatic heterocycles. The number of rotatable bonds is 2. The van der Waals surface area contributed by atoms with E-state index >= 15 is 0 Å². The Balaban J connectivity index is 2.92. The van der Waals surface area contributed by atoms with Crippen LogP contribution in [0.1, 0.15) is 18.4 Å². The molecule has 3 nitrogen and oxygen atoms in total. The highest BCUT2D eigenvalue weighted by Gasteiger charge is 2.24. The van der Waals surface area contributed by atoms with Crippen molar-refractivity contribution in [3.63, 3.8) is 0 Å². The van der Waals surface area contributed by atoms with Crippen LogP contribution >= 0.6 is 0 Å². The summed E-state index contributed by atoms with van der Waals surface area (Å²) in [6, 6.07) is 3.54. The van der Waals surface area contributed by atoms with Gasteiger partial charge in [0.2, 0.25) is 0 Å². The van der Waals surface area contributed by atoms with Gasteiger partial charge in [-0.05, 0) is 26.0 Å². The summed E-state index contributed by atoms with van der Waals surface area (Å²) >= 11 is 0. The highest BCUT2D eigenvalue weighted by Crippen LogP contribution is 2.20. The molecule has 1 atom stereocenters. The van der Waals surface area contributed by atoms with Gasteiger partial charge in [-0.2, -0.15) is 0 Å². The third-order valence-electron chi connectivity index (χ3n) is 1.67. The highest BCUT2D eigenvalue weighted by molar-refractivity contribution is 5.12. The van der Waals surface area contributed by atoms with Crippen molar-refractivity contribution in [2.75, 3.05) is 6.54 Å². The summed E-state index contributed by atoms with van der Waals surface area (Å²) in [4.78, 5) is 0. The van der Waals surface area contributed by atoms with E-state index in [-0.39, 0.29) is 6.54 Å². The Kier molecular flexibility index (Phi) is 2.02. The van der Waals surface area contributed by atoms with Crippen LogP contribution in [0.4, 0.5) is 0 Å². The van der Waals surface area contributed by atoms with Gasteiger partial charge in [0.15, 0.2) is 0 Å². The minimum absolute atomic E-state index is 0.167. The molecule has 0 aliphatic heterocycles. The van der Waals surface area contributed by atoms with E-state index in [0.29, 0.717) is 5.76 Å².